The van der Waals surface area contributed by atoms with Gasteiger partial charge in [-0.15, -0.1) is 0 Å². The van der Waals surface area contributed by atoms with Gasteiger partial charge >= 0.3 is 6.09 Å². The van der Waals surface area contributed by atoms with Gasteiger partial charge in [-0.25, -0.2) is 13.6 Å². The lowest BCUT2D eigenvalue weighted by Gasteiger charge is -2.40. The second-order valence-corrected chi connectivity index (χ2v) is 7.94. The summed E-state index contributed by atoms with van der Waals surface area (Å²) in [5.41, 5.74) is -0.936. The molecule has 1 aliphatic heterocycles. The molecule has 0 aromatic heterocycles. The standard InChI is InChI=1S/C17H21BrF2N2O3/c1-10-9-21(16(24)25-17(2,3)4)5-6-22(10)15(23)12-7-11(18)8-13(19)14(12)20/h7-8,10H,5-6,9H2,1-4H3/t10-/m1/s1. The first-order chi connectivity index (χ1) is 11.5. The van der Waals surface area contributed by atoms with Gasteiger partial charge in [-0.1, -0.05) is 15.9 Å². The minimum atomic E-state index is -1.17. The van der Waals surface area contributed by atoms with Crippen LogP contribution in [0.3, 0.4) is 0 Å². The molecule has 0 radical (unpaired) electrons. The van der Waals surface area contributed by atoms with Crippen LogP contribution in [0, 0.1) is 11.6 Å². The summed E-state index contributed by atoms with van der Waals surface area (Å²) in [6.07, 6.45) is -0.453. The Balaban J connectivity index is 2.11. The quantitative estimate of drug-likeness (QED) is 0.651. The number of halogens is 3. The van der Waals surface area contributed by atoms with Gasteiger partial charge in [-0.2, -0.15) is 0 Å². The van der Waals surface area contributed by atoms with Crippen LogP contribution in [-0.2, 0) is 4.74 Å². The zero-order chi connectivity index (χ0) is 18.9. The van der Waals surface area contributed by atoms with Crippen LogP contribution in [-0.4, -0.2) is 53.1 Å². The fourth-order valence-corrected chi connectivity index (χ4v) is 3.05. The molecule has 25 heavy (non-hydrogen) atoms. The number of piperazine rings is 1. The number of hydrogen-bond donors (Lipinski definition) is 0. The van der Waals surface area contributed by atoms with Gasteiger partial charge in [0, 0.05) is 30.1 Å². The summed E-state index contributed by atoms with van der Waals surface area (Å²) in [5, 5.41) is 0. The van der Waals surface area contributed by atoms with E-state index >= 15 is 0 Å². The van der Waals surface area contributed by atoms with Gasteiger partial charge in [-0.3, -0.25) is 4.79 Å². The Labute approximate surface area is 154 Å². The van der Waals surface area contributed by atoms with Crippen molar-refractivity contribution in [3.05, 3.63) is 33.8 Å². The molecule has 1 atom stereocenters. The zero-order valence-electron chi connectivity index (χ0n) is 14.6. The monoisotopic (exact) mass is 418 g/mol. The molecule has 8 heteroatoms. The maximum atomic E-state index is 14.0. The van der Waals surface area contributed by atoms with Crippen LogP contribution in [0.2, 0.25) is 0 Å². The fourth-order valence-electron chi connectivity index (χ4n) is 2.62. The summed E-state index contributed by atoms with van der Waals surface area (Å²) in [4.78, 5) is 27.7. The number of amides is 2. The Morgan fingerprint density at radius 3 is 2.44 bits per heavy atom. The van der Waals surface area contributed by atoms with Gasteiger partial charge in [-0.05, 0) is 39.8 Å². The topological polar surface area (TPSA) is 49.9 Å². The predicted molar refractivity (Wildman–Crippen MR) is 92.4 cm³/mol. The zero-order valence-corrected chi connectivity index (χ0v) is 16.2. The minimum Gasteiger partial charge on any atom is -0.444 e. The molecule has 2 rings (SSSR count). The summed E-state index contributed by atoms with van der Waals surface area (Å²) in [6, 6.07) is 1.87. The van der Waals surface area contributed by atoms with Crippen LogP contribution in [0.25, 0.3) is 0 Å². The molecule has 2 amide bonds. The second kappa shape index (κ2) is 7.27. The van der Waals surface area contributed by atoms with Crippen molar-refractivity contribution in [1.29, 1.82) is 0 Å². The SMILES string of the molecule is C[C@@H]1CN(C(=O)OC(C)(C)C)CCN1C(=O)c1cc(Br)cc(F)c1F. The number of ether oxygens (including phenoxy) is 1. The lowest BCUT2D eigenvalue weighted by Crippen LogP contribution is -2.56. The normalized spacial score (nSPS) is 18.3. The van der Waals surface area contributed by atoms with Gasteiger partial charge in [0.2, 0.25) is 0 Å². The summed E-state index contributed by atoms with van der Waals surface area (Å²) in [7, 11) is 0. The van der Waals surface area contributed by atoms with E-state index in [1.807, 2.05) is 0 Å². The Kier molecular flexibility index (Phi) is 5.71. The van der Waals surface area contributed by atoms with Crippen molar-refractivity contribution in [3.8, 4) is 0 Å². The van der Waals surface area contributed by atoms with E-state index in [4.69, 9.17) is 4.74 Å². The van der Waals surface area contributed by atoms with Crippen LogP contribution >= 0.6 is 15.9 Å². The van der Waals surface area contributed by atoms with Gasteiger partial charge < -0.3 is 14.5 Å². The molecule has 0 aliphatic carbocycles. The Hall–Kier alpha value is -1.70. The number of carbonyl (C=O) groups is 2. The predicted octanol–water partition coefficient (Wildman–Crippen LogP) is 3.81. The first-order valence-corrected chi connectivity index (χ1v) is 8.72. The number of nitrogens with zero attached hydrogens (tertiary/aromatic N) is 2. The summed E-state index contributed by atoms with van der Waals surface area (Å²) >= 11 is 3.06. The van der Waals surface area contributed by atoms with Crippen molar-refractivity contribution in [1.82, 2.24) is 9.80 Å². The molecule has 0 spiro atoms. The Bertz CT molecular complexity index is 691. The summed E-state index contributed by atoms with van der Waals surface area (Å²) in [6.45, 7) is 7.82. The van der Waals surface area contributed by atoms with E-state index in [2.05, 4.69) is 15.9 Å². The molecule has 0 N–H and O–H groups in total. The molecule has 1 saturated heterocycles. The van der Waals surface area contributed by atoms with Crippen LogP contribution in [0.1, 0.15) is 38.1 Å². The van der Waals surface area contributed by atoms with E-state index in [0.717, 1.165) is 6.07 Å². The first-order valence-electron chi connectivity index (χ1n) is 7.93. The van der Waals surface area contributed by atoms with Crippen molar-refractivity contribution < 1.29 is 23.1 Å². The average molecular weight is 419 g/mol. The van der Waals surface area contributed by atoms with Crippen LogP contribution in [0.4, 0.5) is 13.6 Å². The van der Waals surface area contributed by atoms with Gasteiger partial charge in [0.25, 0.3) is 5.91 Å². The molecular weight excluding hydrogens is 398 g/mol. The van der Waals surface area contributed by atoms with Crippen molar-refractivity contribution in [2.24, 2.45) is 0 Å². The summed E-state index contributed by atoms with van der Waals surface area (Å²) in [5.74, 6) is -2.86. The van der Waals surface area contributed by atoms with Gasteiger partial charge in [0.1, 0.15) is 5.60 Å². The van der Waals surface area contributed by atoms with Crippen LogP contribution < -0.4 is 0 Å². The van der Waals surface area contributed by atoms with Gasteiger partial charge in [0.15, 0.2) is 11.6 Å². The van der Waals surface area contributed by atoms with Crippen molar-refractivity contribution in [2.75, 3.05) is 19.6 Å². The van der Waals surface area contributed by atoms with Crippen molar-refractivity contribution in [3.63, 3.8) is 0 Å². The van der Waals surface area contributed by atoms with Crippen molar-refractivity contribution >= 4 is 27.9 Å². The van der Waals surface area contributed by atoms with E-state index in [1.54, 1.807) is 27.7 Å². The first kappa shape index (κ1) is 19.6. The fraction of sp³-hybridized carbons (Fsp3) is 0.529. The molecule has 1 aliphatic rings. The highest BCUT2D eigenvalue weighted by Gasteiger charge is 2.33. The molecule has 0 bridgehead atoms. The molecule has 0 unspecified atom stereocenters. The van der Waals surface area contributed by atoms with E-state index in [9.17, 15) is 18.4 Å². The number of hydrogen-bond acceptors (Lipinski definition) is 3. The lowest BCUT2D eigenvalue weighted by molar-refractivity contribution is 0.00606. The van der Waals surface area contributed by atoms with E-state index in [0.29, 0.717) is 0 Å². The molecule has 1 heterocycles. The van der Waals surface area contributed by atoms with Crippen LogP contribution in [0.5, 0.6) is 0 Å². The third kappa shape index (κ3) is 4.68. The molecular formula is C17H21BrF2N2O3. The van der Waals surface area contributed by atoms with Crippen LogP contribution in [0.15, 0.2) is 16.6 Å². The second-order valence-electron chi connectivity index (χ2n) is 7.02. The number of rotatable bonds is 1. The van der Waals surface area contributed by atoms with E-state index < -0.39 is 29.2 Å². The lowest BCUT2D eigenvalue weighted by atomic mass is 10.1. The maximum Gasteiger partial charge on any atom is 0.410 e. The number of carbonyl (C=O) groups excluding carboxylic acids is 2. The highest BCUT2D eigenvalue weighted by atomic mass is 79.9. The molecule has 0 saturated carbocycles. The highest BCUT2D eigenvalue weighted by molar-refractivity contribution is 9.10. The number of benzene rings is 1. The maximum absolute atomic E-state index is 14.0. The molecule has 138 valence electrons. The summed E-state index contributed by atoms with van der Waals surface area (Å²) < 4.78 is 33.1. The molecule has 1 aromatic carbocycles. The largest absolute Gasteiger partial charge is 0.444 e. The van der Waals surface area contributed by atoms with Crippen molar-refractivity contribution in [2.45, 2.75) is 39.3 Å². The molecule has 5 nitrogen and oxygen atoms in total. The highest BCUT2D eigenvalue weighted by Crippen LogP contribution is 2.23. The third-order valence-corrected chi connectivity index (χ3v) is 4.22. The minimum absolute atomic E-state index is 0.215. The van der Waals surface area contributed by atoms with E-state index in [-0.39, 0.29) is 35.7 Å². The Morgan fingerprint density at radius 2 is 1.88 bits per heavy atom. The smallest absolute Gasteiger partial charge is 0.410 e. The molecule has 1 aromatic rings. The van der Waals surface area contributed by atoms with Gasteiger partial charge in [0.05, 0.1) is 5.56 Å². The average Bonchev–Trinajstić information content (AvgIpc) is 2.48. The Morgan fingerprint density at radius 1 is 1.24 bits per heavy atom. The van der Waals surface area contributed by atoms with E-state index in [1.165, 1.54) is 15.9 Å². The molecule has 1 fully saturated rings. The third-order valence-electron chi connectivity index (χ3n) is 3.76.